The van der Waals surface area contributed by atoms with E-state index in [0.29, 0.717) is 0 Å². The van der Waals surface area contributed by atoms with Gasteiger partial charge in [0, 0.05) is 18.3 Å². The van der Waals surface area contributed by atoms with Crippen molar-refractivity contribution in [3.8, 4) is 6.07 Å². The van der Waals surface area contributed by atoms with Crippen LogP contribution in [0.4, 0.5) is 0 Å². The Hall–Kier alpha value is -2.97. The van der Waals surface area contributed by atoms with E-state index in [1.807, 2.05) is 18.2 Å². The summed E-state index contributed by atoms with van der Waals surface area (Å²) in [6.45, 7) is -0.154. The smallest absolute Gasteiger partial charge is 0.228 e. The molecule has 0 saturated carbocycles. The number of aliphatic hydroxyl groups is 1. The van der Waals surface area contributed by atoms with Gasteiger partial charge in [-0.25, -0.2) is 0 Å². The summed E-state index contributed by atoms with van der Waals surface area (Å²) in [4.78, 5) is 18.5. The number of carbonyl (C=O) groups excluding carboxylic acids is 1. The number of aromatic nitrogens is 1. The summed E-state index contributed by atoms with van der Waals surface area (Å²) in [7, 11) is 0. The molecule has 1 aromatic carbocycles. The molecule has 2 aromatic rings. The van der Waals surface area contributed by atoms with Crippen molar-refractivity contribution in [1.29, 1.82) is 5.26 Å². The van der Waals surface area contributed by atoms with E-state index in [1.54, 1.807) is 29.4 Å². The lowest BCUT2D eigenvalue weighted by Gasteiger charge is -2.52. The summed E-state index contributed by atoms with van der Waals surface area (Å²) in [5, 5.41) is 20.0. The molecule has 1 aliphatic heterocycles. The summed E-state index contributed by atoms with van der Waals surface area (Å²) in [6, 6.07) is 13.1. The van der Waals surface area contributed by atoms with Crippen LogP contribution in [0.2, 0.25) is 0 Å². The highest BCUT2D eigenvalue weighted by atomic mass is 16.3. The van der Waals surface area contributed by atoms with Crippen LogP contribution in [0.15, 0.2) is 54.9 Å². The van der Waals surface area contributed by atoms with Gasteiger partial charge in [0.25, 0.3) is 0 Å². The second kappa shape index (κ2) is 8.59. The third kappa shape index (κ3) is 3.68. The zero-order valence-electron chi connectivity index (χ0n) is 16.4. The van der Waals surface area contributed by atoms with E-state index in [-0.39, 0.29) is 30.9 Å². The van der Waals surface area contributed by atoms with Crippen molar-refractivity contribution in [1.82, 2.24) is 9.88 Å². The van der Waals surface area contributed by atoms with E-state index in [0.717, 1.165) is 29.5 Å². The Kier molecular flexibility index (Phi) is 5.73. The molecule has 1 aromatic heterocycles. The van der Waals surface area contributed by atoms with E-state index in [9.17, 15) is 15.2 Å². The molecule has 29 heavy (non-hydrogen) atoms. The van der Waals surface area contributed by atoms with Gasteiger partial charge in [-0.15, -0.1) is 0 Å². The van der Waals surface area contributed by atoms with Crippen molar-refractivity contribution in [2.75, 3.05) is 6.61 Å². The Balaban J connectivity index is 1.62. The lowest BCUT2D eigenvalue weighted by Crippen LogP contribution is -2.65. The number of likely N-dealkylation sites (tertiary alicyclic amines) is 1. The van der Waals surface area contributed by atoms with Crippen LogP contribution < -0.4 is 0 Å². The van der Waals surface area contributed by atoms with Gasteiger partial charge in [-0.05, 0) is 60.1 Å². The van der Waals surface area contributed by atoms with E-state index >= 15 is 0 Å². The molecule has 148 valence electrons. The molecule has 0 spiro atoms. The fourth-order valence-corrected chi connectivity index (χ4v) is 4.65. The number of benzene rings is 1. The number of carbonyl (C=O) groups is 1. The Morgan fingerprint density at radius 1 is 1.21 bits per heavy atom. The molecule has 1 aliphatic carbocycles. The Morgan fingerprint density at radius 2 is 2.00 bits per heavy atom. The van der Waals surface area contributed by atoms with Gasteiger partial charge in [-0.3, -0.25) is 9.78 Å². The molecular weight excluding hydrogens is 362 g/mol. The number of rotatable bonds is 5. The molecule has 4 rings (SSSR count). The third-order valence-corrected chi connectivity index (χ3v) is 6.08. The lowest BCUT2D eigenvalue weighted by atomic mass is 9.72. The monoisotopic (exact) mass is 387 g/mol. The minimum atomic E-state index is -0.563. The highest BCUT2D eigenvalue weighted by Crippen LogP contribution is 2.44. The fourth-order valence-electron chi connectivity index (χ4n) is 4.65. The van der Waals surface area contributed by atoms with E-state index < -0.39 is 6.04 Å². The summed E-state index contributed by atoms with van der Waals surface area (Å²) in [5.41, 5.74) is 4.41. The topological polar surface area (TPSA) is 77.2 Å². The van der Waals surface area contributed by atoms with Crippen LogP contribution in [0, 0.1) is 11.3 Å². The van der Waals surface area contributed by atoms with Gasteiger partial charge in [-0.2, -0.15) is 5.26 Å². The molecule has 5 heteroatoms. The van der Waals surface area contributed by atoms with Crippen molar-refractivity contribution in [3.63, 3.8) is 0 Å². The SMILES string of the molecule is N#C[C@@H]1[C@H](c2ccccc2C2=CCCCC2)[C@@H](CO)N1C(=O)Cc1ccncc1. The van der Waals surface area contributed by atoms with Gasteiger partial charge in [0.05, 0.1) is 25.1 Å². The highest BCUT2D eigenvalue weighted by molar-refractivity contribution is 5.82. The van der Waals surface area contributed by atoms with Gasteiger partial charge in [0.2, 0.25) is 5.91 Å². The zero-order chi connectivity index (χ0) is 20.2. The number of aliphatic hydroxyl groups excluding tert-OH is 1. The average molecular weight is 387 g/mol. The molecule has 3 atom stereocenters. The van der Waals surface area contributed by atoms with Crippen LogP contribution in [0.1, 0.15) is 48.3 Å². The van der Waals surface area contributed by atoms with Crippen molar-refractivity contribution >= 4 is 11.5 Å². The van der Waals surface area contributed by atoms with Crippen molar-refractivity contribution in [2.45, 2.75) is 50.1 Å². The minimum absolute atomic E-state index is 0.132. The molecule has 2 aliphatic rings. The third-order valence-electron chi connectivity index (χ3n) is 6.08. The van der Waals surface area contributed by atoms with E-state index in [1.165, 1.54) is 18.4 Å². The molecule has 0 bridgehead atoms. The quantitative estimate of drug-likeness (QED) is 0.852. The maximum absolute atomic E-state index is 12.9. The number of allylic oxidation sites excluding steroid dienone is 2. The van der Waals surface area contributed by atoms with Crippen LogP contribution >= 0.6 is 0 Å². The summed E-state index contributed by atoms with van der Waals surface area (Å²) >= 11 is 0. The van der Waals surface area contributed by atoms with Crippen LogP contribution in [-0.2, 0) is 11.2 Å². The second-order valence-corrected chi connectivity index (χ2v) is 7.75. The Morgan fingerprint density at radius 3 is 2.69 bits per heavy atom. The largest absolute Gasteiger partial charge is 0.394 e. The first-order valence-corrected chi connectivity index (χ1v) is 10.2. The zero-order valence-corrected chi connectivity index (χ0v) is 16.4. The highest BCUT2D eigenvalue weighted by Gasteiger charge is 2.52. The fraction of sp³-hybridized carbons (Fsp3) is 0.375. The van der Waals surface area contributed by atoms with Crippen LogP contribution in [0.3, 0.4) is 0 Å². The summed E-state index contributed by atoms with van der Waals surface area (Å²) in [5.74, 6) is -0.308. The van der Waals surface area contributed by atoms with Crippen molar-refractivity contribution in [2.24, 2.45) is 0 Å². The molecule has 1 amide bonds. The van der Waals surface area contributed by atoms with E-state index in [4.69, 9.17) is 0 Å². The van der Waals surface area contributed by atoms with Crippen LogP contribution in [-0.4, -0.2) is 39.6 Å². The molecule has 1 N–H and O–H groups in total. The number of amides is 1. The van der Waals surface area contributed by atoms with Gasteiger partial charge in [0.15, 0.2) is 0 Å². The maximum atomic E-state index is 12.9. The number of nitriles is 1. The first-order valence-electron chi connectivity index (χ1n) is 10.2. The Bertz CT molecular complexity index is 948. The summed E-state index contributed by atoms with van der Waals surface area (Å²) < 4.78 is 0. The molecule has 0 unspecified atom stereocenters. The average Bonchev–Trinajstić information content (AvgIpc) is 2.75. The molecule has 1 fully saturated rings. The number of pyridine rings is 1. The maximum Gasteiger partial charge on any atom is 0.228 e. The predicted octanol–water partition coefficient (Wildman–Crippen LogP) is 3.46. The number of hydrogen-bond donors (Lipinski definition) is 1. The van der Waals surface area contributed by atoms with Crippen LogP contribution in [0.5, 0.6) is 0 Å². The van der Waals surface area contributed by atoms with Crippen molar-refractivity contribution in [3.05, 3.63) is 71.6 Å². The molecule has 5 nitrogen and oxygen atoms in total. The number of nitrogens with zero attached hydrogens (tertiary/aromatic N) is 3. The molecule has 1 saturated heterocycles. The second-order valence-electron chi connectivity index (χ2n) is 7.75. The molecule has 0 radical (unpaired) electrons. The van der Waals surface area contributed by atoms with Gasteiger partial charge in [-0.1, -0.05) is 30.3 Å². The summed E-state index contributed by atoms with van der Waals surface area (Å²) in [6.07, 6.45) is 10.3. The van der Waals surface area contributed by atoms with Crippen molar-refractivity contribution < 1.29 is 9.90 Å². The minimum Gasteiger partial charge on any atom is -0.394 e. The van der Waals surface area contributed by atoms with Gasteiger partial charge < -0.3 is 10.0 Å². The lowest BCUT2D eigenvalue weighted by molar-refractivity contribution is -0.146. The first kappa shape index (κ1) is 19.4. The van der Waals surface area contributed by atoms with Gasteiger partial charge in [0.1, 0.15) is 6.04 Å². The molecular formula is C24H25N3O2. The Labute approximate surface area is 171 Å². The van der Waals surface area contributed by atoms with Gasteiger partial charge >= 0.3 is 0 Å². The molecule has 2 heterocycles. The number of hydrogen-bond acceptors (Lipinski definition) is 4. The normalized spacial score (nSPS) is 23.7. The van der Waals surface area contributed by atoms with E-state index in [2.05, 4.69) is 23.2 Å². The standard InChI is InChI=1S/C24H25N3O2/c25-15-21-24(20-9-5-4-8-19(20)18-6-2-1-3-7-18)22(16-28)27(21)23(29)14-17-10-12-26-13-11-17/h4-6,8-13,21-22,24,28H,1-3,7,14,16H2/t21-,22-,24+/m1/s1. The van der Waals surface area contributed by atoms with Crippen LogP contribution in [0.25, 0.3) is 5.57 Å². The first-order chi connectivity index (χ1) is 14.2. The predicted molar refractivity (Wildman–Crippen MR) is 111 cm³/mol.